The van der Waals surface area contributed by atoms with Gasteiger partial charge in [-0.1, -0.05) is 0 Å². The molecule has 4 nitrogen and oxygen atoms in total. The summed E-state index contributed by atoms with van der Waals surface area (Å²) in [5, 5.41) is 3.28. The Morgan fingerprint density at radius 3 is 2.64 bits per heavy atom. The van der Waals surface area contributed by atoms with Crippen LogP contribution >= 0.6 is 22.6 Å². The Morgan fingerprint density at radius 1 is 1.43 bits per heavy atom. The van der Waals surface area contributed by atoms with Gasteiger partial charge in [-0.2, -0.15) is 0 Å². The van der Waals surface area contributed by atoms with Crippen molar-refractivity contribution in [3.05, 3.63) is 21.7 Å². The lowest BCUT2D eigenvalue weighted by atomic mass is 10.3. The third kappa shape index (κ3) is 3.67. The summed E-state index contributed by atoms with van der Waals surface area (Å²) >= 11 is 2.11. The van der Waals surface area contributed by atoms with Crippen molar-refractivity contribution in [1.82, 2.24) is 10.2 Å². The summed E-state index contributed by atoms with van der Waals surface area (Å²) in [5.74, 6) is 0.796. The largest absolute Gasteiger partial charge is 0.385 e. The lowest BCUT2D eigenvalue weighted by molar-refractivity contribution is 0.296. The molecular formula is C9H15IN4. The maximum Gasteiger partial charge on any atom is 0.100 e. The number of nitrogens with zero attached hydrogens (tertiary/aromatic N) is 2. The molecule has 0 aromatic heterocycles. The molecule has 0 aliphatic carbocycles. The van der Waals surface area contributed by atoms with Crippen LogP contribution in [0.1, 0.15) is 0 Å². The third-order valence-electron chi connectivity index (χ3n) is 2.02. The number of hydrogen-bond donors (Lipinski definition) is 2. The monoisotopic (exact) mass is 306 g/mol. The van der Waals surface area contributed by atoms with E-state index in [1.54, 1.807) is 0 Å². The number of nitrogens with two attached hydrogens (primary N) is 1. The highest BCUT2D eigenvalue weighted by Crippen LogP contribution is 2.07. The fourth-order valence-corrected chi connectivity index (χ4v) is 1.42. The van der Waals surface area contributed by atoms with Crippen molar-refractivity contribution in [2.24, 2.45) is 10.7 Å². The predicted octanol–water partition coefficient (Wildman–Crippen LogP) is 0.669. The Labute approximate surface area is 98.1 Å². The van der Waals surface area contributed by atoms with E-state index in [9.17, 15) is 0 Å². The average Bonchev–Trinajstić information content (AvgIpc) is 2.26. The Kier molecular flexibility index (Phi) is 4.95. The summed E-state index contributed by atoms with van der Waals surface area (Å²) in [4.78, 5) is 5.93. The zero-order valence-electron chi connectivity index (χ0n) is 8.04. The molecule has 0 saturated carbocycles. The van der Waals surface area contributed by atoms with Crippen LogP contribution in [0.5, 0.6) is 0 Å². The standard InChI is InChI=1S/C9H15IN4/c1-12-8(10)2-3-9(11)14-6-4-13-5-7-14/h2-3,13H,1,4-7,11H2/b8-2-,9-3+. The van der Waals surface area contributed by atoms with Gasteiger partial charge in [-0.05, 0) is 41.5 Å². The van der Waals surface area contributed by atoms with Gasteiger partial charge in [0.05, 0.1) is 5.82 Å². The molecular weight excluding hydrogens is 291 g/mol. The van der Waals surface area contributed by atoms with Crippen LogP contribution in [0, 0.1) is 0 Å². The van der Waals surface area contributed by atoms with Gasteiger partial charge in [-0.25, -0.2) is 0 Å². The van der Waals surface area contributed by atoms with Crippen molar-refractivity contribution in [2.45, 2.75) is 0 Å². The van der Waals surface area contributed by atoms with Crippen LogP contribution in [0.15, 0.2) is 26.7 Å². The van der Waals surface area contributed by atoms with Gasteiger partial charge in [0, 0.05) is 26.2 Å². The first kappa shape index (κ1) is 11.5. The lowest BCUT2D eigenvalue weighted by Gasteiger charge is -2.29. The molecule has 0 aromatic rings. The van der Waals surface area contributed by atoms with Crippen molar-refractivity contribution < 1.29 is 0 Å². The highest BCUT2D eigenvalue weighted by molar-refractivity contribution is 14.1. The minimum Gasteiger partial charge on any atom is -0.385 e. The molecule has 1 heterocycles. The second-order valence-corrected chi connectivity index (χ2v) is 4.08. The van der Waals surface area contributed by atoms with E-state index < -0.39 is 0 Å². The second kappa shape index (κ2) is 6.02. The fraction of sp³-hybridized carbons (Fsp3) is 0.444. The van der Waals surface area contributed by atoms with Crippen LogP contribution < -0.4 is 11.1 Å². The van der Waals surface area contributed by atoms with Gasteiger partial charge >= 0.3 is 0 Å². The van der Waals surface area contributed by atoms with Crippen molar-refractivity contribution in [3.63, 3.8) is 0 Å². The summed E-state index contributed by atoms with van der Waals surface area (Å²) in [7, 11) is 0. The number of hydrogen-bond acceptors (Lipinski definition) is 4. The average molecular weight is 306 g/mol. The molecule has 1 aliphatic rings. The van der Waals surface area contributed by atoms with E-state index in [4.69, 9.17) is 5.73 Å². The molecule has 0 unspecified atom stereocenters. The molecule has 1 fully saturated rings. The molecule has 78 valence electrons. The Hall–Kier alpha value is -0.560. The summed E-state index contributed by atoms with van der Waals surface area (Å²) in [5.41, 5.74) is 5.90. The smallest absolute Gasteiger partial charge is 0.100 e. The van der Waals surface area contributed by atoms with E-state index in [1.165, 1.54) is 0 Å². The fourth-order valence-electron chi connectivity index (χ4n) is 1.24. The van der Waals surface area contributed by atoms with Crippen molar-refractivity contribution in [3.8, 4) is 0 Å². The number of piperazine rings is 1. The number of halogens is 1. The molecule has 14 heavy (non-hydrogen) atoms. The molecule has 0 amide bonds. The van der Waals surface area contributed by atoms with E-state index in [-0.39, 0.29) is 0 Å². The van der Waals surface area contributed by atoms with Gasteiger partial charge in [0.2, 0.25) is 0 Å². The number of rotatable bonds is 3. The second-order valence-electron chi connectivity index (χ2n) is 2.98. The minimum atomic E-state index is 0.796. The highest BCUT2D eigenvalue weighted by Gasteiger charge is 2.08. The lowest BCUT2D eigenvalue weighted by Crippen LogP contribution is -2.44. The molecule has 1 rings (SSSR count). The molecule has 0 radical (unpaired) electrons. The zero-order chi connectivity index (χ0) is 10.4. The quantitative estimate of drug-likeness (QED) is 0.349. The highest BCUT2D eigenvalue weighted by atomic mass is 127. The normalized spacial score (nSPS) is 19.6. The summed E-state index contributed by atoms with van der Waals surface area (Å²) in [6, 6.07) is 0. The Bertz CT molecular complexity index is 254. The molecule has 5 heteroatoms. The van der Waals surface area contributed by atoms with E-state index in [1.807, 2.05) is 12.2 Å². The molecule has 0 atom stereocenters. The molecule has 1 aliphatic heterocycles. The topological polar surface area (TPSA) is 53.6 Å². The van der Waals surface area contributed by atoms with Crippen LogP contribution in [-0.2, 0) is 0 Å². The van der Waals surface area contributed by atoms with Gasteiger partial charge < -0.3 is 16.0 Å². The maximum absolute atomic E-state index is 5.90. The minimum absolute atomic E-state index is 0.796. The summed E-state index contributed by atoms with van der Waals surface area (Å²) in [6.07, 6.45) is 3.74. The van der Waals surface area contributed by atoms with Crippen LogP contribution in [0.25, 0.3) is 0 Å². The van der Waals surface area contributed by atoms with Gasteiger partial charge in [-0.15, -0.1) is 0 Å². The molecule has 0 spiro atoms. The zero-order valence-corrected chi connectivity index (χ0v) is 10.2. The van der Waals surface area contributed by atoms with Gasteiger partial charge in [0.25, 0.3) is 0 Å². The van der Waals surface area contributed by atoms with Crippen molar-refractivity contribution in [1.29, 1.82) is 0 Å². The van der Waals surface area contributed by atoms with Gasteiger partial charge in [0.1, 0.15) is 3.70 Å². The van der Waals surface area contributed by atoms with Gasteiger partial charge in [-0.3, -0.25) is 4.99 Å². The summed E-state index contributed by atoms with van der Waals surface area (Å²) < 4.78 is 0.848. The summed E-state index contributed by atoms with van der Waals surface area (Å²) in [6.45, 7) is 7.35. The molecule has 1 saturated heterocycles. The van der Waals surface area contributed by atoms with Crippen molar-refractivity contribution in [2.75, 3.05) is 26.2 Å². The first-order valence-corrected chi connectivity index (χ1v) is 5.57. The van der Waals surface area contributed by atoms with Crippen molar-refractivity contribution >= 4 is 29.3 Å². The van der Waals surface area contributed by atoms with Crippen LogP contribution in [0.4, 0.5) is 0 Å². The molecule has 0 bridgehead atoms. The Morgan fingerprint density at radius 2 is 2.07 bits per heavy atom. The van der Waals surface area contributed by atoms with E-state index in [0.29, 0.717) is 0 Å². The SMILES string of the molecule is C=N/C(I)=C\C=C(/N)N1CCNCC1. The van der Waals surface area contributed by atoms with E-state index in [0.717, 1.165) is 35.7 Å². The van der Waals surface area contributed by atoms with Crippen LogP contribution in [-0.4, -0.2) is 37.8 Å². The molecule has 3 N–H and O–H groups in total. The first-order chi connectivity index (χ1) is 6.74. The number of allylic oxidation sites excluding steroid dienone is 2. The maximum atomic E-state index is 5.90. The Balaban J connectivity index is 2.53. The van der Waals surface area contributed by atoms with Crippen LogP contribution in [0.3, 0.4) is 0 Å². The first-order valence-electron chi connectivity index (χ1n) is 4.49. The predicted molar refractivity (Wildman–Crippen MR) is 68.4 cm³/mol. The van der Waals surface area contributed by atoms with E-state index >= 15 is 0 Å². The number of nitrogens with one attached hydrogen (secondary N) is 1. The van der Waals surface area contributed by atoms with Crippen LogP contribution in [0.2, 0.25) is 0 Å². The molecule has 0 aromatic carbocycles. The van der Waals surface area contributed by atoms with Gasteiger partial charge in [0.15, 0.2) is 0 Å². The van der Waals surface area contributed by atoms with E-state index in [2.05, 4.69) is 44.5 Å². The third-order valence-corrected chi connectivity index (χ3v) is 2.73. The number of aliphatic imine (C=N–C) groups is 1.